The molecule has 0 aliphatic carbocycles. The van der Waals surface area contributed by atoms with Gasteiger partial charge in [-0.1, -0.05) is 72.3 Å². The molecule has 1 aliphatic heterocycles. The van der Waals surface area contributed by atoms with Crippen molar-refractivity contribution in [3.63, 3.8) is 0 Å². The van der Waals surface area contributed by atoms with Gasteiger partial charge in [0, 0.05) is 19.6 Å². The Hall–Kier alpha value is -2.62. The molecule has 4 rings (SSSR count). The molecule has 1 N–H and O–H groups in total. The van der Waals surface area contributed by atoms with E-state index in [1.54, 1.807) is 0 Å². The molecular formula is C26H30N2O. The van der Waals surface area contributed by atoms with Crippen LogP contribution in [-0.4, -0.2) is 31.1 Å². The number of nitrogens with zero attached hydrogens (tertiary/aromatic N) is 1. The predicted molar refractivity (Wildman–Crippen MR) is 119 cm³/mol. The second kappa shape index (κ2) is 9.73. The van der Waals surface area contributed by atoms with E-state index in [-0.39, 0.29) is 6.04 Å². The van der Waals surface area contributed by atoms with Gasteiger partial charge in [0.2, 0.25) is 0 Å². The molecule has 29 heavy (non-hydrogen) atoms. The first-order valence-electron chi connectivity index (χ1n) is 10.6. The summed E-state index contributed by atoms with van der Waals surface area (Å²) in [4.78, 5) is 2.60. The number of hydrogen-bond donors (Lipinski definition) is 1. The Balaban J connectivity index is 1.54. The Morgan fingerprint density at radius 3 is 2.24 bits per heavy atom. The first-order valence-corrected chi connectivity index (χ1v) is 10.6. The van der Waals surface area contributed by atoms with Crippen LogP contribution in [-0.2, 0) is 6.61 Å². The molecule has 1 fully saturated rings. The van der Waals surface area contributed by atoms with E-state index in [0.29, 0.717) is 6.61 Å². The fourth-order valence-electron chi connectivity index (χ4n) is 3.97. The summed E-state index contributed by atoms with van der Waals surface area (Å²) < 4.78 is 5.99. The lowest BCUT2D eigenvalue weighted by atomic mass is 9.96. The number of ether oxygens (including phenoxy) is 1. The summed E-state index contributed by atoms with van der Waals surface area (Å²) >= 11 is 0. The third kappa shape index (κ3) is 5.26. The minimum Gasteiger partial charge on any atom is -0.489 e. The highest BCUT2D eigenvalue weighted by Crippen LogP contribution is 2.30. The second-order valence-corrected chi connectivity index (χ2v) is 7.80. The molecule has 3 heteroatoms. The Morgan fingerprint density at radius 2 is 1.52 bits per heavy atom. The van der Waals surface area contributed by atoms with Gasteiger partial charge in [0.05, 0.1) is 6.04 Å². The summed E-state index contributed by atoms with van der Waals surface area (Å²) in [5.74, 6) is 0.915. The molecule has 1 unspecified atom stereocenters. The minimum absolute atomic E-state index is 0.277. The maximum Gasteiger partial charge on any atom is 0.119 e. The number of nitrogens with one attached hydrogen (secondary N) is 1. The molecule has 0 aromatic heterocycles. The summed E-state index contributed by atoms with van der Waals surface area (Å²) in [6, 6.07) is 28.2. The molecule has 1 atom stereocenters. The number of aryl methyl sites for hydroxylation is 1. The van der Waals surface area contributed by atoms with Crippen LogP contribution in [0.2, 0.25) is 0 Å². The van der Waals surface area contributed by atoms with Crippen LogP contribution in [0.5, 0.6) is 5.75 Å². The summed E-state index contributed by atoms with van der Waals surface area (Å²) in [7, 11) is 0. The van der Waals surface area contributed by atoms with Crippen LogP contribution in [0.25, 0.3) is 0 Å². The molecule has 3 nitrogen and oxygen atoms in total. The average molecular weight is 387 g/mol. The van der Waals surface area contributed by atoms with E-state index in [1.165, 1.54) is 28.7 Å². The SMILES string of the molecule is Cc1ccc(C(c2ccc(OCc3ccccc3)cc2)N2CCCNCC2)cc1. The average Bonchev–Trinajstić information content (AvgIpc) is 3.05. The van der Waals surface area contributed by atoms with Gasteiger partial charge < -0.3 is 10.1 Å². The first kappa shape index (κ1) is 19.7. The van der Waals surface area contributed by atoms with Crippen LogP contribution >= 0.6 is 0 Å². The Labute approximate surface area is 174 Å². The summed E-state index contributed by atoms with van der Waals surface area (Å²) in [6.45, 7) is 7.06. The van der Waals surface area contributed by atoms with E-state index in [0.717, 1.165) is 31.9 Å². The quantitative estimate of drug-likeness (QED) is 0.648. The van der Waals surface area contributed by atoms with E-state index in [4.69, 9.17) is 4.74 Å². The number of benzene rings is 3. The van der Waals surface area contributed by atoms with E-state index in [1.807, 2.05) is 18.2 Å². The highest BCUT2D eigenvalue weighted by Gasteiger charge is 2.23. The zero-order chi connectivity index (χ0) is 19.9. The molecule has 0 radical (unpaired) electrons. The van der Waals surface area contributed by atoms with E-state index < -0.39 is 0 Å². The zero-order valence-electron chi connectivity index (χ0n) is 17.2. The highest BCUT2D eigenvalue weighted by molar-refractivity contribution is 5.37. The van der Waals surface area contributed by atoms with Crippen molar-refractivity contribution in [2.45, 2.75) is 26.0 Å². The Morgan fingerprint density at radius 1 is 0.828 bits per heavy atom. The Bertz CT molecular complexity index is 867. The molecule has 0 saturated carbocycles. The van der Waals surface area contributed by atoms with Gasteiger partial charge in [-0.2, -0.15) is 0 Å². The van der Waals surface area contributed by atoms with Gasteiger partial charge in [-0.25, -0.2) is 0 Å². The van der Waals surface area contributed by atoms with Crippen LogP contribution < -0.4 is 10.1 Å². The van der Waals surface area contributed by atoms with Crippen LogP contribution in [0, 0.1) is 6.92 Å². The highest BCUT2D eigenvalue weighted by atomic mass is 16.5. The van der Waals surface area contributed by atoms with Crippen molar-refractivity contribution in [3.8, 4) is 5.75 Å². The van der Waals surface area contributed by atoms with Gasteiger partial charge in [0.25, 0.3) is 0 Å². The van der Waals surface area contributed by atoms with Crippen molar-refractivity contribution < 1.29 is 4.74 Å². The molecule has 0 spiro atoms. The smallest absolute Gasteiger partial charge is 0.119 e. The van der Waals surface area contributed by atoms with Gasteiger partial charge in [-0.3, -0.25) is 4.90 Å². The van der Waals surface area contributed by atoms with Crippen molar-refractivity contribution in [1.82, 2.24) is 10.2 Å². The van der Waals surface area contributed by atoms with Gasteiger partial charge >= 0.3 is 0 Å². The van der Waals surface area contributed by atoms with E-state index in [2.05, 4.69) is 77.8 Å². The largest absolute Gasteiger partial charge is 0.489 e. The van der Waals surface area contributed by atoms with Crippen molar-refractivity contribution in [3.05, 3.63) is 101 Å². The van der Waals surface area contributed by atoms with Crippen LogP contribution in [0.1, 0.15) is 34.7 Å². The van der Waals surface area contributed by atoms with Gasteiger partial charge in [0.15, 0.2) is 0 Å². The van der Waals surface area contributed by atoms with Crippen molar-refractivity contribution in [2.24, 2.45) is 0 Å². The second-order valence-electron chi connectivity index (χ2n) is 7.80. The van der Waals surface area contributed by atoms with E-state index >= 15 is 0 Å². The van der Waals surface area contributed by atoms with Crippen LogP contribution in [0.15, 0.2) is 78.9 Å². The molecule has 1 saturated heterocycles. The summed E-state index contributed by atoms with van der Waals surface area (Å²) in [6.07, 6.45) is 1.18. The van der Waals surface area contributed by atoms with Gasteiger partial charge in [-0.15, -0.1) is 0 Å². The maximum atomic E-state index is 5.99. The summed E-state index contributed by atoms with van der Waals surface area (Å²) in [5.41, 5.74) is 5.17. The molecule has 1 heterocycles. The lowest BCUT2D eigenvalue weighted by Crippen LogP contribution is -2.33. The molecular weight excluding hydrogens is 356 g/mol. The van der Waals surface area contributed by atoms with E-state index in [9.17, 15) is 0 Å². The van der Waals surface area contributed by atoms with Crippen molar-refractivity contribution in [2.75, 3.05) is 26.2 Å². The third-order valence-corrected chi connectivity index (χ3v) is 5.58. The van der Waals surface area contributed by atoms with Crippen LogP contribution in [0.3, 0.4) is 0 Å². The molecule has 0 amide bonds. The zero-order valence-corrected chi connectivity index (χ0v) is 17.2. The predicted octanol–water partition coefficient (Wildman–Crippen LogP) is 4.96. The molecule has 1 aliphatic rings. The molecule has 150 valence electrons. The van der Waals surface area contributed by atoms with Crippen LogP contribution in [0.4, 0.5) is 0 Å². The normalized spacial score (nSPS) is 16.2. The maximum absolute atomic E-state index is 5.99. The Kier molecular flexibility index (Phi) is 6.60. The minimum atomic E-state index is 0.277. The topological polar surface area (TPSA) is 24.5 Å². The van der Waals surface area contributed by atoms with Crippen molar-refractivity contribution >= 4 is 0 Å². The number of rotatable bonds is 6. The standard InChI is InChI=1S/C26H30N2O/c1-21-8-10-23(11-9-21)26(28-18-5-16-27-17-19-28)24-12-14-25(15-13-24)29-20-22-6-3-2-4-7-22/h2-4,6-15,26-27H,5,16-20H2,1H3. The number of hydrogen-bond acceptors (Lipinski definition) is 3. The van der Waals surface area contributed by atoms with Gasteiger partial charge in [-0.05, 0) is 48.7 Å². The fraction of sp³-hybridized carbons (Fsp3) is 0.308. The lowest BCUT2D eigenvalue weighted by molar-refractivity contribution is 0.241. The fourth-order valence-corrected chi connectivity index (χ4v) is 3.97. The summed E-state index contributed by atoms with van der Waals surface area (Å²) in [5, 5.41) is 3.52. The molecule has 0 bridgehead atoms. The third-order valence-electron chi connectivity index (χ3n) is 5.58. The van der Waals surface area contributed by atoms with Crippen molar-refractivity contribution in [1.29, 1.82) is 0 Å². The molecule has 3 aromatic rings. The first-order chi connectivity index (χ1) is 14.3. The van der Waals surface area contributed by atoms with Gasteiger partial charge in [0.1, 0.15) is 12.4 Å². The molecule has 3 aromatic carbocycles. The lowest BCUT2D eigenvalue weighted by Gasteiger charge is -2.31. The monoisotopic (exact) mass is 386 g/mol.